The van der Waals surface area contributed by atoms with E-state index in [9.17, 15) is 18.8 Å². The van der Waals surface area contributed by atoms with E-state index in [0.717, 1.165) is 38.7 Å². The van der Waals surface area contributed by atoms with Gasteiger partial charge in [0.15, 0.2) is 0 Å². The van der Waals surface area contributed by atoms with Crippen molar-refractivity contribution in [3.8, 4) is 0 Å². The van der Waals surface area contributed by atoms with Crippen LogP contribution in [0.2, 0.25) is 5.02 Å². The van der Waals surface area contributed by atoms with Crippen LogP contribution in [0.15, 0.2) is 83.9 Å². The highest BCUT2D eigenvalue weighted by Crippen LogP contribution is 2.34. The van der Waals surface area contributed by atoms with Crippen molar-refractivity contribution in [2.24, 2.45) is 0 Å². The highest BCUT2D eigenvalue weighted by atomic mass is 35.5. The van der Waals surface area contributed by atoms with Gasteiger partial charge in [-0.15, -0.1) is 0 Å². The van der Waals surface area contributed by atoms with Gasteiger partial charge in [0.05, 0.1) is 4.91 Å². The van der Waals surface area contributed by atoms with Crippen LogP contribution >= 0.6 is 23.4 Å². The van der Waals surface area contributed by atoms with E-state index in [-0.39, 0.29) is 4.91 Å². The molecule has 0 spiro atoms. The number of imide groups is 1. The predicted molar refractivity (Wildman–Crippen MR) is 140 cm³/mol. The van der Waals surface area contributed by atoms with Gasteiger partial charge in [-0.2, -0.15) is 0 Å². The normalized spacial score (nSPS) is 14.7. The second kappa shape index (κ2) is 10.0. The Morgan fingerprint density at radius 2 is 1.72 bits per heavy atom. The molecule has 36 heavy (non-hydrogen) atoms. The van der Waals surface area contributed by atoms with Gasteiger partial charge in [0.1, 0.15) is 12.4 Å². The number of hydrogen-bond donors (Lipinski definition) is 1. The number of benzene rings is 3. The van der Waals surface area contributed by atoms with Crippen molar-refractivity contribution in [1.29, 1.82) is 0 Å². The molecular weight excluding hydrogens is 501 g/mol. The van der Waals surface area contributed by atoms with Crippen LogP contribution in [-0.4, -0.2) is 33.1 Å². The van der Waals surface area contributed by atoms with E-state index in [0.29, 0.717) is 17.3 Å². The number of fused-ring (bicyclic) bond motifs is 1. The molecule has 0 unspecified atom stereocenters. The Morgan fingerprint density at radius 1 is 1.00 bits per heavy atom. The summed E-state index contributed by atoms with van der Waals surface area (Å²) in [7, 11) is 0. The predicted octanol–water partition coefficient (Wildman–Crippen LogP) is 6.16. The number of carbonyl (C=O) groups is 3. The van der Waals surface area contributed by atoms with E-state index in [1.165, 1.54) is 24.3 Å². The van der Waals surface area contributed by atoms with Crippen LogP contribution in [0.3, 0.4) is 0 Å². The quantitative estimate of drug-likeness (QED) is 0.310. The molecule has 180 valence electrons. The first kappa shape index (κ1) is 23.8. The molecule has 1 N–H and O–H groups in total. The Balaban J connectivity index is 1.36. The lowest BCUT2D eigenvalue weighted by molar-refractivity contribution is -0.127. The number of rotatable bonds is 6. The average Bonchev–Trinajstić information content (AvgIpc) is 3.34. The molecule has 0 saturated carbocycles. The minimum Gasteiger partial charge on any atom is -0.342 e. The molecule has 5 rings (SSSR count). The van der Waals surface area contributed by atoms with Gasteiger partial charge in [0, 0.05) is 39.9 Å². The molecule has 3 amide bonds. The summed E-state index contributed by atoms with van der Waals surface area (Å²) in [5.74, 6) is -1.52. The fraction of sp³-hybridized carbons (Fsp3) is 0.0741. The summed E-state index contributed by atoms with van der Waals surface area (Å²) in [6.07, 6.45) is 3.62. The number of carbonyl (C=O) groups excluding carboxylic acids is 3. The molecule has 1 aromatic heterocycles. The molecule has 3 aromatic carbocycles. The lowest BCUT2D eigenvalue weighted by Gasteiger charge is -2.12. The molecule has 1 fully saturated rings. The fourth-order valence-corrected chi connectivity index (χ4v) is 4.92. The van der Waals surface area contributed by atoms with Gasteiger partial charge in [-0.3, -0.25) is 19.3 Å². The number of nitrogens with one attached hydrogen (secondary N) is 1. The topological polar surface area (TPSA) is 71.4 Å². The lowest BCUT2D eigenvalue weighted by atomic mass is 10.1. The zero-order valence-corrected chi connectivity index (χ0v) is 20.4. The van der Waals surface area contributed by atoms with Gasteiger partial charge in [-0.25, -0.2) is 4.39 Å². The van der Waals surface area contributed by atoms with Crippen LogP contribution in [0.1, 0.15) is 11.1 Å². The standard InChI is InChI=1S/C27H19ClFN3O3S/c28-19-7-5-17(6-8-19)14-31-15-18(22-3-1-2-4-23(22)31)13-24-26(34)32(27(35)36-24)16-25(33)30-21-11-9-20(29)10-12-21/h1-13,15H,14,16H2,(H,30,33)/b24-13-. The smallest absolute Gasteiger partial charge is 0.294 e. The molecule has 0 aliphatic carbocycles. The van der Waals surface area contributed by atoms with Gasteiger partial charge in [0.2, 0.25) is 5.91 Å². The second-order valence-electron chi connectivity index (χ2n) is 8.18. The second-order valence-corrected chi connectivity index (χ2v) is 9.61. The maximum atomic E-state index is 13.1. The number of halogens is 2. The van der Waals surface area contributed by atoms with Crippen molar-refractivity contribution in [3.05, 3.63) is 106 Å². The number of aromatic nitrogens is 1. The number of thioether (sulfide) groups is 1. The Hall–Kier alpha value is -3.88. The van der Waals surface area contributed by atoms with Gasteiger partial charge in [-0.05, 0) is 65.9 Å². The van der Waals surface area contributed by atoms with E-state index in [4.69, 9.17) is 11.6 Å². The fourth-order valence-electron chi connectivity index (χ4n) is 3.96. The Labute approximate surface area is 215 Å². The molecule has 2 heterocycles. The van der Waals surface area contributed by atoms with Crippen LogP contribution in [0.5, 0.6) is 0 Å². The largest absolute Gasteiger partial charge is 0.342 e. The maximum absolute atomic E-state index is 13.1. The third-order valence-corrected chi connectivity index (χ3v) is 6.83. The third kappa shape index (κ3) is 5.05. The Bertz CT molecular complexity index is 1510. The van der Waals surface area contributed by atoms with Gasteiger partial charge >= 0.3 is 0 Å². The summed E-state index contributed by atoms with van der Waals surface area (Å²) >= 11 is 6.80. The SMILES string of the molecule is O=C(CN1C(=O)S/C(=C\c2cn(Cc3ccc(Cl)cc3)c3ccccc23)C1=O)Nc1ccc(F)cc1. The summed E-state index contributed by atoms with van der Waals surface area (Å²) in [5.41, 5.74) is 3.22. The van der Waals surface area contributed by atoms with Crippen LogP contribution in [-0.2, 0) is 16.1 Å². The van der Waals surface area contributed by atoms with Crippen molar-refractivity contribution < 1.29 is 18.8 Å². The minimum absolute atomic E-state index is 0.240. The molecule has 1 aliphatic heterocycles. The highest BCUT2D eigenvalue weighted by molar-refractivity contribution is 8.18. The first-order chi connectivity index (χ1) is 17.4. The van der Waals surface area contributed by atoms with E-state index in [2.05, 4.69) is 9.88 Å². The third-order valence-electron chi connectivity index (χ3n) is 5.68. The summed E-state index contributed by atoms with van der Waals surface area (Å²) in [5, 5.41) is 3.64. The molecule has 4 aromatic rings. The average molecular weight is 520 g/mol. The molecule has 1 saturated heterocycles. The summed E-state index contributed by atoms with van der Waals surface area (Å²) in [4.78, 5) is 39.1. The number of nitrogens with zero attached hydrogens (tertiary/aromatic N) is 2. The molecular formula is C27H19ClFN3O3S. The van der Waals surface area contributed by atoms with E-state index < -0.39 is 29.4 Å². The molecule has 0 bridgehead atoms. The minimum atomic E-state index is -0.551. The number of anilines is 1. The molecule has 9 heteroatoms. The van der Waals surface area contributed by atoms with Crippen molar-refractivity contribution >= 4 is 63.1 Å². The monoisotopic (exact) mass is 519 g/mol. The van der Waals surface area contributed by atoms with E-state index in [1.54, 1.807) is 6.08 Å². The first-order valence-electron chi connectivity index (χ1n) is 11.0. The molecule has 1 aliphatic rings. The number of para-hydroxylation sites is 1. The van der Waals surface area contributed by atoms with E-state index >= 15 is 0 Å². The van der Waals surface area contributed by atoms with Crippen LogP contribution in [0.25, 0.3) is 17.0 Å². The molecule has 0 atom stereocenters. The number of hydrogen-bond acceptors (Lipinski definition) is 4. The van der Waals surface area contributed by atoms with Crippen LogP contribution < -0.4 is 5.32 Å². The van der Waals surface area contributed by atoms with Crippen LogP contribution in [0.4, 0.5) is 14.9 Å². The zero-order valence-electron chi connectivity index (χ0n) is 18.8. The van der Waals surface area contributed by atoms with Crippen molar-refractivity contribution in [2.45, 2.75) is 6.54 Å². The summed E-state index contributed by atoms with van der Waals surface area (Å²) < 4.78 is 15.1. The molecule has 6 nitrogen and oxygen atoms in total. The van der Waals surface area contributed by atoms with Crippen molar-refractivity contribution in [3.63, 3.8) is 0 Å². The maximum Gasteiger partial charge on any atom is 0.294 e. The molecule has 0 radical (unpaired) electrons. The summed E-state index contributed by atoms with van der Waals surface area (Å²) in [6, 6.07) is 20.6. The van der Waals surface area contributed by atoms with Gasteiger partial charge in [-0.1, -0.05) is 41.9 Å². The highest BCUT2D eigenvalue weighted by Gasteiger charge is 2.36. The van der Waals surface area contributed by atoms with Crippen molar-refractivity contribution in [1.82, 2.24) is 9.47 Å². The van der Waals surface area contributed by atoms with Gasteiger partial charge < -0.3 is 9.88 Å². The van der Waals surface area contributed by atoms with E-state index in [1.807, 2.05) is 54.7 Å². The van der Waals surface area contributed by atoms with Gasteiger partial charge in [0.25, 0.3) is 11.1 Å². The first-order valence-corrected chi connectivity index (χ1v) is 12.2. The zero-order chi connectivity index (χ0) is 25.2. The van der Waals surface area contributed by atoms with Crippen molar-refractivity contribution in [2.75, 3.05) is 11.9 Å². The number of amides is 3. The Morgan fingerprint density at radius 3 is 2.47 bits per heavy atom. The lowest BCUT2D eigenvalue weighted by Crippen LogP contribution is -2.36. The summed E-state index contributed by atoms with van der Waals surface area (Å²) in [6.45, 7) is 0.175. The Kier molecular flexibility index (Phi) is 6.63. The van der Waals surface area contributed by atoms with Crippen LogP contribution in [0, 0.1) is 5.82 Å².